The molecule has 1 aliphatic heterocycles. The number of nitrogens with one attached hydrogen (secondary N) is 1. The van der Waals surface area contributed by atoms with E-state index in [2.05, 4.69) is 5.32 Å². The molecule has 1 amide bonds. The molecule has 1 aliphatic rings. The van der Waals surface area contributed by atoms with E-state index in [0.29, 0.717) is 30.3 Å². The average Bonchev–Trinajstić information content (AvgIpc) is 2.76. The second kappa shape index (κ2) is 9.65. The zero-order valence-corrected chi connectivity index (χ0v) is 19.7. The second-order valence-electron chi connectivity index (χ2n) is 7.84. The summed E-state index contributed by atoms with van der Waals surface area (Å²) >= 11 is 0. The van der Waals surface area contributed by atoms with Crippen LogP contribution in [-0.4, -0.2) is 44.8 Å². The van der Waals surface area contributed by atoms with Crippen LogP contribution in [-0.2, 0) is 14.8 Å². The maximum Gasteiger partial charge on any atom is 0.271 e. The molecule has 1 N–H and O–H groups in total. The number of anilines is 1. The van der Waals surface area contributed by atoms with Gasteiger partial charge in [0.25, 0.3) is 5.69 Å². The van der Waals surface area contributed by atoms with E-state index in [1.165, 1.54) is 18.2 Å². The molecule has 2 aromatic rings. The Kier molecular flexibility index (Phi) is 7.11. The third-order valence-electron chi connectivity index (χ3n) is 5.40. The first-order valence-corrected chi connectivity index (χ1v) is 12.3. The van der Waals surface area contributed by atoms with Gasteiger partial charge in [-0.2, -0.15) is 0 Å². The van der Waals surface area contributed by atoms with Crippen molar-refractivity contribution in [3.8, 4) is 11.5 Å². The Morgan fingerprint density at radius 2 is 1.85 bits per heavy atom. The zero-order valence-electron chi connectivity index (χ0n) is 18.9. The van der Waals surface area contributed by atoms with E-state index in [-0.39, 0.29) is 17.8 Å². The number of rotatable bonds is 8. The van der Waals surface area contributed by atoms with Crippen LogP contribution in [0.3, 0.4) is 0 Å². The number of amides is 1. The lowest BCUT2D eigenvalue weighted by Crippen LogP contribution is -2.50. The second-order valence-corrected chi connectivity index (χ2v) is 9.70. The van der Waals surface area contributed by atoms with Crippen molar-refractivity contribution in [3.63, 3.8) is 0 Å². The van der Waals surface area contributed by atoms with Crippen molar-refractivity contribution in [3.05, 3.63) is 57.6 Å². The third kappa shape index (κ3) is 5.36. The minimum absolute atomic E-state index is 0.0979. The van der Waals surface area contributed by atoms with Gasteiger partial charge < -0.3 is 14.8 Å². The molecule has 0 spiro atoms. The lowest BCUT2D eigenvalue weighted by Gasteiger charge is -2.32. The van der Waals surface area contributed by atoms with Crippen LogP contribution in [0.4, 0.5) is 11.4 Å². The highest BCUT2D eigenvalue weighted by Crippen LogP contribution is 2.33. The SMILES string of the molecule is CC[C@H](C(=O)N[C@@H](C)c1ccc2c(c1)OCCO2)N(c1cc([N+](=O)[O-])ccc1C)S(C)(=O)=O. The van der Waals surface area contributed by atoms with Crippen LogP contribution in [0.25, 0.3) is 0 Å². The van der Waals surface area contributed by atoms with Crippen LogP contribution in [0.5, 0.6) is 11.5 Å². The molecule has 0 saturated heterocycles. The standard InChI is InChI=1S/C22H27N3O7S/c1-5-18(24(33(4,29)30)19-13-17(25(27)28)8-6-14(19)2)22(26)23-15(3)16-7-9-20-21(12-16)32-11-10-31-20/h6-9,12-13,15,18H,5,10-11H2,1-4H3,(H,23,26)/t15-,18+/m0/s1. The zero-order chi connectivity index (χ0) is 24.3. The van der Waals surface area contributed by atoms with Crippen LogP contribution in [0.1, 0.15) is 37.4 Å². The van der Waals surface area contributed by atoms with E-state index in [0.717, 1.165) is 16.1 Å². The number of sulfonamides is 1. The Labute approximate surface area is 192 Å². The first-order chi connectivity index (χ1) is 15.5. The normalized spacial score (nSPS) is 14.8. The third-order valence-corrected chi connectivity index (χ3v) is 6.56. The van der Waals surface area contributed by atoms with Gasteiger partial charge in [-0.25, -0.2) is 8.42 Å². The number of nitrogens with zero attached hydrogens (tertiary/aromatic N) is 2. The number of aryl methyl sites for hydroxylation is 1. The first-order valence-electron chi connectivity index (χ1n) is 10.5. The minimum atomic E-state index is -3.94. The smallest absolute Gasteiger partial charge is 0.271 e. The largest absolute Gasteiger partial charge is 0.486 e. The van der Waals surface area contributed by atoms with E-state index in [4.69, 9.17) is 9.47 Å². The Morgan fingerprint density at radius 3 is 2.45 bits per heavy atom. The summed E-state index contributed by atoms with van der Waals surface area (Å²) in [6.07, 6.45) is 1.14. The molecular weight excluding hydrogens is 450 g/mol. The van der Waals surface area contributed by atoms with Gasteiger partial charge in [0.2, 0.25) is 15.9 Å². The van der Waals surface area contributed by atoms with Crippen molar-refractivity contribution >= 4 is 27.3 Å². The molecule has 10 nitrogen and oxygen atoms in total. The number of carbonyl (C=O) groups excluding carboxylic acids is 1. The van der Waals surface area contributed by atoms with Crippen LogP contribution < -0.4 is 19.1 Å². The van der Waals surface area contributed by atoms with Gasteiger partial charge in [0, 0.05) is 12.1 Å². The summed E-state index contributed by atoms with van der Waals surface area (Å²) in [5.41, 5.74) is 1.10. The Balaban J connectivity index is 1.91. The summed E-state index contributed by atoms with van der Waals surface area (Å²) in [4.78, 5) is 23.9. The Bertz CT molecular complexity index is 1170. The lowest BCUT2D eigenvalue weighted by atomic mass is 10.1. The van der Waals surface area contributed by atoms with Crippen molar-refractivity contribution in [2.45, 2.75) is 39.3 Å². The van der Waals surface area contributed by atoms with Crippen molar-refractivity contribution in [1.82, 2.24) is 5.32 Å². The van der Waals surface area contributed by atoms with Crippen molar-refractivity contribution < 1.29 is 27.6 Å². The van der Waals surface area contributed by atoms with Gasteiger partial charge in [-0.05, 0) is 43.5 Å². The quantitative estimate of drug-likeness (QED) is 0.457. The minimum Gasteiger partial charge on any atom is -0.486 e. The monoisotopic (exact) mass is 477 g/mol. The van der Waals surface area contributed by atoms with Crippen LogP contribution in [0.15, 0.2) is 36.4 Å². The summed E-state index contributed by atoms with van der Waals surface area (Å²) in [6, 6.07) is 7.74. The van der Waals surface area contributed by atoms with E-state index in [9.17, 15) is 23.3 Å². The molecule has 0 bridgehead atoms. The topological polar surface area (TPSA) is 128 Å². The molecule has 0 unspecified atom stereocenters. The number of hydrogen-bond acceptors (Lipinski definition) is 7. The fourth-order valence-corrected chi connectivity index (χ4v) is 4.97. The molecule has 0 fully saturated rings. The highest BCUT2D eigenvalue weighted by Gasteiger charge is 2.34. The van der Waals surface area contributed by atoms with Crippen LogP contribution >= 0.6 is 0 Å². The van der Waals surface area contributed by atoms with Gasteiger partial charge in [-0.1, -0.05) is 19.1 Å². The van der Waals surface area contributed by atoms with Gasteiger partial charge >= 0.3 is 0 Å². The van der Waals surface area contributed by atoms with Crippen molar-refractivity contribution in [1.29, 1.82) is 0 Å². The highest BCUT2D eigenvalue weighted by atomic mass is 32.2. The van der Waals surface area contributed by atoms with Crippen LogP contribution in [0.2, 0.25) is 0 Å². The number of benzene rings is 2. The number of non-ortho nitro benzene ring substituents is 1. The van der Waals surface area contributed by atoms with E-state index < -0.39 is 32.9 Å². The van der Waals surface area contributed by atoms with E-state index in [1.807, 2.05) is 0 Å². The van der Waals surface area contributed by atoms with Crippen molar-refractivity contribution in [2.24, 2.45) is 0 Å². The molecule has 0 aromatic heterocycles. The molecule has 1 heterocycles. The molecule has 2 atom stereocenters. The van der Waals surface area contributed by atoms with Gasteiger partial charge in [-0.3, -0.25) is 19.2 Å². The Hall–Kier alpha value is -3.34. The molecule has 2 aromatic carbocycles. The Morgan fingerprint density at radius 1 is 1.18 bits per heavy atom. The fraction of sp³-hybridized carbons (Fsp3) is 0.409. The highest BCUT2D eigenvalue weighted by molar-refractivity contribution is 7.92. The van der Waals surface area contributed by atoms with Crippen molar-refractivity contribution in [2.75, 3.05) is 23.8 Å². The number of fused-ring (bicyclic) bond motifs is 1. The molecule has 11 heteroatoms. The summed E-state index contributed by atoms with van der Waals surface area (Å²) in [5, 5.41) is 14.1. The van der Waals surface area contributed by atoms with Gasteiger partial charge in [0.1, 0.15) is 19.3 Å². The number of carbonyl (C=O) groups is 1. The molecule has 3 rings (SSSR count). The summed E-state index contributed by atoms with van der Waals surface area (Å²) in [7, 11) is -3.94. The molecule has 0 aliphatic carbocycles. The summed E-state index contributed by atoms with van der Waals surface area (Å²) in [6.45, 7) is 6.00. The molecule has 0 saturated carbocycles. The van der Waals surface area contributed by atoms with Gasteiger partial charge in [-0.15, -0.1) is 0 Å². The van der Waals surface area contributed by atoms with E-state index >= 15 is 0 Å². The predicted molar refractivity (Wildman–Crippen MR) is 123 cm³/mol. The maximum absolute atomic E-state index is 13.2. The number of nitro benzene ring substituents is 1. The fourth-order valence-electron chi connectivity index (χ4n) is 3.71. The van der Waals surface area contributed by atoms with Gasteiger partial charge in [0.15, 0.2) is 11.5 Å². The number of ether oxygens (including phenoxy) is 2. The predicted octanol–water partition coefficient (Wildman–Crippen LogP) is 3.10. The summed E-state index contributed by atoms with van der Waals surface area (Å²) in [5.74, 6) is 0.687. The first kappa shape index (κ1) is 24.3. The average molecular weight is 478 g/mol. The molecular formula is C22H27N3O7S. The van der Waals surface area contributed by atoms with Crippen LogP contribution in [0, 0.1) is 17.0 Å². The lowest BCUT2D eigenvalue weighted by molar-refractivity contribution is -0.384. The molecule has 33 heavy (non-hydrogen) atoms. The maximum atomic E-state index is 13.2. The van der Waals surface area contributed by atoms with E-state index in [1.54, 1.807) is 39.0 Å². The molecule has 178 valence electrons. The van der Waals surface area contributed by atoms with Gasteiger partial charge in [0.05, 0.1) is 22.9 Å². The number of nitro groups is 1. The summed E-state index contributed by atoms with van der Waals surface area (Å²) < 4.78 is 37.5. The number of hydrogen-bond donors (Lipinski definition) is 1. The molecule has 0 radical (unpaired) electrons.